The van der Waals surface area contributed by atoms with Crippen molar-refractivity contribution >= 4 is 11.9 Å². The summed E-state index contributed by atoms with van der Waals surface area (Å²) in [6.07, 6.45) is 2.38. The Bertz CT molecular complexity index is 218. The first kappa shape index (κ1) is 9.42. The molecule has 0 aromatic heterocycles. The number of rotatable bonds is 4. The summed E-state index contributed by atoms with van der Waals surface area (Å²) in [6.45, 7) is 3.35. The van der Waals surface area contributed by atoms with E-state index in [0.29, 0.717) is 0 Å². The molecule has 0 spiro atoms. The van der Waals surface area contributed by atoms with Gasteiger partial charge in [0.2, 0.25) is 5.91 Å². The molecule has 0 atom stereocenters. The maximum absolute atomic E-state index is 10.5. The van der Waals surface area contributed by atoms with Gasteiger partial charge >= 0.3 is 5.97 Å². The molecule has 0 saturated heterocycles. The number of carbonyl (C=O) groups is 2. The van der Waals surface area contributed by atoms with Crippen LogP contribution in [0.2, 0.25) is 0 Å². The highest BCUT2D eigenvalue weighted by atomic mass is 16.4. The van der Waals surface area contributed by atoms with Crippen molar-refractivity contribution in [1.29, 1.82) is 0 Å². The van der Waals surface area contributed by atoms with E-state index in [1.54, 1.807) is 0 Å². The van der Waals surface area contributed by atoms with Crippen LogP contribution in [-0.4, -0.2) is 17.0 Å². The van der Waals surface area contributed by atoms with Crippen molar-refractivity contribution in [3.05, 3.63) is 24.3 Å². The molecule has 0 rings (SSSR count). The van der Waals surface area contributed by atoms with Gasteiger partial charge in [0.1, 0.15) is 0 Å². The molecule has 3 N–H and O–H groups in total. The molecule has 4 heteroatoms. The van der Waals surface area contributed by atoms with Gasteiger partial charge in [0.05, 0.1) is 0 Å². The lowest BCUT2D eigenvalue weighted by molar-refractivity contribution is -0.131. The highest BCUT2D eigenvalue weighted by Gasteiger charge is 2.03. The van der Waals surface area contributed by atoms with E-state index in [0.717, 1.165) is 6.08 Å². The molecule has 0 saturated carbocycles. The van der Waals surface area contributed by atoms with Crippen LogP contribution in [0, 0.1) is 0 Å². The lowest BCUT2D eigenvalue weighted by Gasteiger charge is -1.94. The Labute approximate surface area is 64.0 Å². The van der Waals surface area contributed by atoms with E-state index in [9.17, 15) is 9.59 Å². The molecule has 0 bridgehead atoms. The molecular formula is C7H9NO3. The molecule has 1 amide bonds. The van der Waals surface area contributed by atoms with E-state index >= 15 is 0 Å². The number of amides is 1. The summed E-state index contributed by atoms with van der Waals surface area (Å²) in [5.41, 5.74) is 4.90. The SMILES string of the molecule is C=CC/C(=C/C(=O)O)C(N)=O. The summed E-state index contributed by atoms with van der Waals surface area (Å²) >= 11 is 0. The lowest BCUT2D eigenvalue weighted by atomic mass is 10.1. The van der Waals surface area contributed by atoms with E-state index in [1.165, 1.54) is 6.08 Å². The third-order valence-corrected chi connectivity index (χ3v) is 0.978. The molecule has 0 aliphatic heterocycles. The Morgan fingerprint density at radius 3 is 2.36 bits per heavy atom. The summed E-state index contributed by atoms with van der Waals surface area (Å²) in [5.74, 6) is -1.91. The summed E-state index contributed by atoms with van der Waals surface area (Å²) < 4.78 is 0. The Morgan fingerprint density at radius 1 is 1.55 bits per heavy atom. The van der Waals surface area contributed by atoms with Crippen molar-refractivity contribution in [1.82, 2.24) is 0 Å². The van der Waals surface area contributed by atoms with Gasteiger partial charge in [-0.1, -0.05) is 6.08 Å². The number of allylic oxidation sites excluding steroid dienone is 1. The number of aliphatic carboxylic acids is 1. The van der Waals surface area contributed by atoms with Gasteiger partial charge in [0.15, 0.2) is 0 Å². The van der Waals surface area contributed by atoms with Crippen LogP contribution >= 0.6 is 0 Å². The molecule has 11 heavy (non-hydrogen) atoms. The molecule has 4 nitrogen and oxygen atoms in total. The molecule has 0 unspecified atom stereocenters. The molecular weight excluding hydrogens is 146 g/mol. The fraction of sp³-hybridized carbons (Fsp3) is 0.143. The second-order valence-electron chi connectivity index (χ2n) is 1.86. The Kier molecular flexibility index (Phi) is 3.66. The second-order valence-corrected chi connectivity index (χ2v) is 1.86. The normalized spacial score (nSPS) is 10.7. The quantitative estimate of drug-likeness (QED) is 0.445. The van der Waals surface area contributed by atoms with Crippen molar-refractivity contribution in [3.63, 3.8) is 0 Å². The minimum absolute atomic E-state index is 0.0486. The lowest BCUT2D eigenvalue weighted by Crippen LogP contribution is -2.14. The predicted molar refractivity (Wildman–Crippen MR) is 39.7 cm³/mol. The van der Waals surface area contributed by atoms with E-state index in [1.807, 2.05) is 0 Å². The largest absolute Gasteiger partial charge is 0.478 e. The molecule has 0 radical (unpaired) electrons. The van der Waals surface area contributed by atoms with E-state index in [4.69, 9.17) is 10.8 Å². The van der Waals surface area contributed by atoms with Crippen molar-refractivity contribution in [3.8, 4) is 0 Å². The van der Waals surface area contributed by atoms with Crippen LogP contribution in [0.25, 0.3) is 0 Å². The molecule has 0 aliphatic rings. The van der Waals surface area contributed by atoms with Crippen LogP contribution in [0.15, 0.2) is 24.3 Å². The number of carboxylic acids is 1. The molecule has 0 aromatic rings. The van der Waals surface area contributed by atoms with Crippen LogP contribution in [0.5, 0.6) is 0 Å². The number of carbonyl (C=O) groups excluding carboxylic acids is 1. The zero-order valence-corrected chi connectivity index (χ0v) is 5.91. The minimum atomic E-state index is -1.18. The second kappa shape index (κ2) is 4.27. The summed E-state index contributed by atoms with van der Waals surface area (Å²) in [5, 5.41) is 8.24. The van der Waals surface area contributed by atoms with Crippen molar-refractivity contribution in [2.45, 2.75) is 6.42 Å². The Hall–Kier alpha value is -1.58. The first-order valence-corrected chi connectivity index (χ1v) is 2.92. The molecule has 60 valence electrons. The number of primary amides is 1. The van der Waals surface area contributed by atoms with Gasteiger partial charge in [-0.15, -0.1) is 6.58 Å². The van der Waals surface area contributed by atoms with Crippen molar-refractivity contribution in [2.75, 3.05) is 0 Å². The zero-order valence-electron chi connectivity index (χ0n) is 5.91. The average molecular weight is 155 g/mol. The number of hydrogen-bond donors (Lipinski definition) is 2. The first-order valence-electron chi connectivity index (χ1n) is 2.92. The maximum atomic E-state index is 10.5. The van der Waals surface area contributed by atoms with Gasteiger partial charge in [0.25, 0.3) is 0 Å². The predicted octanol–water partition coefficient (Wildman–Crippen LogP) is 0.0588. The van der Waals surface area contributed by atoms with Crippen molar-refractivity contribution in [2.24, 2.45) is 5.73 Å². The molecule has 0 fully saturated rings. The standard InChI is InChI=1S/C7H9NO3/c1-2-3-5(7(8)11)4-6(9)10/h2,4H,1,3H2,(H2,8,11)(H,9,10)/b5-4-. The smallest absolute Gasteiger partial charge is 0.328 e. The van der Waals surface area contributed by atoms with Crippen LogP contribution in [0.1, 0.15) is 6.42 Å². The maximum Gasteiger partial charge on any atom is 0.328 e. The fourth-order valence-electron chi connectivity index (χ4n) is 0.535. The molecule has 0 heterocycles. The summed E-state index contributed by atoms with van der Waals surface area (Å²) in [7, 11) is 0. The van der Waals surface area contributed by atoms with Crippen LogP contribution < -0.4 is 5.73 Å². The van der Waals surface area contributed by atoms with Gasteiger partial charge in [-0.2, -0.15) is 0 Å². The Morgan fingerprint density at radius 2 is 2.09 bits per heavy atom. The average Bonchev–Trinajstić information content (AvgIpc) is 1.86. The highest BCUT2D eigenvalue weighted by Crippen LogP contribution is 1.99. The van der Waals surface area contributed by atoms with Crippen LogP contribution in [-0.2, 0) is 9.59 Å². The van der Waals surface area contributed by atoms with Gasteiger partial charge < -0.3 is 10.8 Å². The summed E-state index contributed by atoms with van der Waals surface area (Å²) in [6, 6.07) is 0. The van der Waals surface area contributed by atoms with Gasteiger partial charge in [-0.3, -0.25) is 4.79 Å². The van der Waals surface area contributed by atoms with Crippen molar-refractivity contribution < 1.29 is 14.7 Å². The van der Waals surface area contributed by atoms with Crippen LogP contribution in [0.3, 0.4) is 0 Å². The number of carboxylic acid groups (broad SMARTS) is 1. The van der Waals surface area contributed by atoms with E-state index < -0.39 is 11.9 Å². The molecule has 0 aliphatic carbocycles. The van der Waals surface area contributed by atoms with Gasteiger partial charge in [-0.05, 0) is 6.42 Å². The third-order valence-electron chi connectivity index (χ3n) is 0.978. The number of nitrogens with two attached hydrogens (primary N) is 1. The third kappa shape index (κ3) is 3.91. The molecule has 0 aromatic carbocycles. The minimum Gasteiger partial charge on any atom is -0.478 e. The number of hydrogen-bond acceptors (Lipinski definition) is 2. The van der Waals surface area contributed by atoms with Crippen LogP contribution in [0.4, 0.5) is 0 Å². The van der Waals surface area contributed by atoms with E-state index in [2.05, 4.69) is 6.58 Å². The van der Waals surface area contributed by atoms with E-state index in [-0.39, 0.29) is 12.0 Å². The fourth-order valence-corrected chi connectivity index (χ4v) is 0.535. The van der Waals surface area contributed by atoms with Gasteiger partial charge in [0, 0.05) is 11.6 Å². The van der Waals surface area contributed by atoms with Gasteiger partial charge in [-0.25, -0.2) is 4.79 Å². The zero-order chi connectivity index (χ0) is 8.85. The Balaban J connectivity index is 4.44. The monoisotopic (exact) mass is 155 g/mol. The summed E-state index contributed by atoms with van der Waals surface area (Å²) in [4.78, 5) is 20.5. The highest BCUT2D eigenvalue weighted by molar-refractivity contribution is 5.98. The first-order chi connectivity index (χ1) is 5.07. The topological polar surface area (TPSA) is 80.4 Å².